The Bertz CT molecular complexity index is 695. The molecule has 23 heavy (non-hydrogen) atoms. The summed E-state index contributed by atoms with van der Waals surface area (Å²) in [5, 5.41) is 6.46. The lowest BCUT2D eigenvalue weighted by molar-refractivity contribution is -0.123. The number of hydrazone groups is 1. The number of amides is 1. The van der Waals surface area contributed by atoms with Crippen LogP contribution in [0.4, 0.5) is 0 Å². The number of benzene rings is 2. The highest BCUT2D eigenvalue weighted by Crippen LogP contribution is 2.20. The maximum atomic E-state index is 11.9. The van der Waals surface area contributed by atoms with Crippen LogP contribution in [-0.4, -0.2) is 18.2 Å². The fourth-order valence-corrected chi connectivity index (χ4v) is 2.49. The van der Waals surface area contributed by atoms with Crippen LogP contribution >= 0.6 is 0 Å². The topological polar surface area (TPSA) is 50.7 Å². The van der Waals surface area contributed by atoms with E-state index in [-0.39, 0.29) is 12.5 Å². The molecule has 2 rings (SSSR count). The Morgan fingerprint density at radius 2 is 1.70 bits per heavy atom. The zero-order valence-corrected chi connectivity index (χ0v) is 14.2. The molecule has 2 aromatic rings. The lowest BCUT2D eigenvalue weighted by atomic mass is 9.98. The molecule has 0 aliphatic carbocycles. The van der Waals surface area contributed by atoms with Gasteiger partial charge in [-0.05, 0) is 34.7 Å². The standard InChI is InChI=1S/C19H24N2O2/c1-13(2)19(14(3)4)21-20-18(22)12-23-17-10-9-15-7-5-6-8-16(15)11-17/h5-11,13-14H,12H2,1-4H3,(H,20,22). The number of nitrogens with zero attached hydrogens (tertiary/aromatic N) is 1. The first-order valence-electron chi connectivity index (χ1n) is 7.95. The van der Waals surface area contributed by atoms with Gasteiger partial charge < -0.3 is 4.74 Å². The van der Waals surface area contributed by atoms with E-state index < -0.39 is 0 Å². The van der Waals surface area contributed by atoms with Gasteiger partial charge in [-0.15, -0.1) is 0 Å². The van der Waals surface area contributed by atoms with Gasteiger partial charge in [-0.1, -0.05) is 58.0 Å². The molecule has 0 atom stereocenters. The zero-order chi connectivity index (χ0) is 16.8. The second kappa shape index (κ2) is 7.77. The first kappa shape index (κ1) is 17.0. The van der Waals surface area contributed by atoms with E-state index in [1.54, 1.807) is 0 Å². The quantitative estimate of drug-likeness (QED) is 0.647. The summed E-state index contributed by atoms with van der Waals surface area (Å²) in [5.74, 6) is 1.03. The highest BCUT2D eigenvalue weighted by molar-refractivity contribution is 5.89. The van der Waals surface area contributed by atoms with E-state index in [2.05, 4.69) is 38.2 Å². The van der Waals surface area contributed by atoms with Gasteiger partial charge in [0.1, 0.15) is 5.75 Å². The van der Waals surface area contributed by atoms with Crippen molar-refractivity contribution in [1.29, 1.82) is 0 Å². The van der Waals surface area contributed by atoms with Gasteiger partial charge in [0.05, 0.1) is 0 Å². The van der Waals surface area contributed by atoms with Crippen molar-refractivity contribution in [2.45, 2.75) is 27.7 Å². The highest BCUT2D eigenvalue weighted by Gasteiger charge is 2.11. The summed E-state index contributed by atoms with van der Waals surface area (Å²) in [6, 6.07) is 13.8. The van der Waals surface area contributed by atoms with Gasteiger partial charge in [0, 0.05) is 5.71 Å². The van der Waals surface area contributed by atoms with Crippen LogP contribution in [0.1, 0.15) is 27.7 Å². The summed E-state index contributed by atoms with van der Waals surface area (Å²) >= 11 is 0. The third-order valence-electron chi connectivity index (χ3n) is 3.58. The molecule has 1 amide bonds. The summed E-state index contributed by atoms with van der Waals surface area (Å²) in [4.78, 5) is 11.9. The van der Waals surface area contributed by atoms with Crippen LogP contribution in [-0.2, 0) is 4.79 Å². The minimum atomic E-state index is -0.253. The van der Waals surface area contributed by atoms with Gasteiger partial charge in [-0.3, -0.25) is 4.79 Å². The molecule has 0 aromatic heterocycles. The lowest BCUT2D eigenvalue weighted by Gasteiger charge is -2.13. The molecule has 2 aromatic carbocycles. The number of carbonyl (C=O) groups is 1. The minimum absolute atomic E-state index is 0.0503. The smallest absolute Gasteiger partial charge is 0.277 e. The van der Waals surface area contributed by atoms with Crippen LogP contribution in [0.2, 0.25) is 0 Å². The lowest BCUT2D eigenvalue weighted by Crippen LogP contribution is -2.28. The van der Waals surface area contributed by atoms with Crippen molar-refractivity contribution in [2.75, 3.05) is 6.61 Å². The summed E-state index contributed by atoms with van der Waals surface area (Å²) in [5.41, 5.74) is 3.55. The molecule has 0 radical (unpaired) electrons. The van der Waals surface area contributed by atoms with Crippen molar-refractivity contribution >= 4 is 22.4 Å². The number of fused-ring (bicyclic) bond motifs is 1. The molecule has 4 heteroatoms. The van der Waals surface area contributed by atoms with Crippen molar-refractivity contribution < 1.29 is 9.53 Å². The number of hydrogen-bond donors (Lipinski definition) is 1. The normalized spacial score (nSPS) is 10.9. The molecule has 0 unspecified atom stereocenters. The number of nitrogens with one attached hydrogen (secondary N) is 1. The molecule has 0 fully saturated rings. The van der Waals surface area contributed by atoms with E-state index in [4.69, 9.17) is 4.74 Å². The van der Waals surface area contributed by atoms with Crippen LogP contribution < -0.4 is 10.2 Å². The molecule has 1 N–H and O–H groups in total. The molecule has 0 bridgehead atoms. The fourth-order valence-electron chi connectivity index (χ4n) is 2.49. The Morgan fingerprint density at radius 3 is 2.35 bits per heavy atom. The molecule has 4 nitrogen and oxygen atoms in total. The largest absolute Gasteiger partial charge is 0.484 e. The third kappa shape index (κ3) is 4.81. The molecule has 0 saturated carbocycles. The molecular formula is C19H24N2O2. The molecular weight excluding hydrogens is 288 g/mol. The Kier molecular flexibility index (Phi) is 5.74. The van der Waals surface area contributed by atoms with Crippen molar-refractivity contribution in [3.8, 4) is 5.75 Å². The van der Waals surface area contributed by atoms with E-state index in [0.29, 0.717) is 17.6 Å². The summed E-state index contributed by atoms with van der Waals surface area (Å²) in [6.45, 7) is 8.21. The Hall–Kier alpha value is -2.36. The Labute approximate surface area is 137 Å². The van der Waals surface area contributed by atoms with E-state index in [1.165, 1.54) is 0 Å². The average Bonchev–Trinajstić information content (AvgIpc) is 2.52. The monoisotopic (exact) mass is 312 g/mol. The maximum absolute atomic E-state index is 11.9. The van der Waals surface area contributed by atoms with Crippen molar-refractivity contribution in [2.24, 2.45) is 16.9 Å². The van der Waals surface area contributed by atoms with Gasteiger partial charge >= 0.3 is 0 Å². The fraction of sp³-hybridized carbons (Fsp3) is 0.368. The van der Waals surface area contributed by atoms with E-state index >= 15 is 0 Å². The minimum Gasteiger partial charge on any atom is -0.484 e. The van der Waals surface area contributed by atoms with E-state index in [0.717, 1.165) is 16.5 Å². The molecule has 0 saturated heterocycles. The second-order valence-corrected chi connectivity index (χ2v) is 6.18. The highest BCUT2D eigenvalue weighted by atomic mass is 16.5. The van der Waals surface area contributed by atoms with Crippen LogP contribution in [0.5, 0.6) is 5.75 Å². The van der Waals surface area contributed by atoms with E-state index in [1.807, 2.05) is 42.5 Å². The van der Waals surface area contributed by atoms with Gasteiger partial charge in [0.2, 0.25) is 0 Å². The first-order chi connectivity index (χ1) is 11.0. The number of rotatable bonds is 6. The summed E-state index contributed by atoms with van der Waals surface area (Å²) < 4.78 is 5.55. The molecule has 0 heterocycles. The third-order valence-corrected chi connectivity index (χ3v) is 3.58. The van der Waals surface area contributed by atoms with Gasteiger partial charge in [-0.2, -0.15) is 5.10 Å². The van der Waals surface area contributed by atoms with Gasteiger partial charge in [0.25, 0.3) is 5.91 Å². The van der Waals surface area contributed by atoms with Crippen LogP contribution in [0.3, 0.4) is 0 Å². The number of ether oxygens (including phenoxy) is 1. The van der Waals surface area contributed by atoms with Crippen molar-refractivity contribution in [3.63, 3.8) is 0 Å². The zero-order valence-electron chi connectivity index (χ0n) is 14.2. The maximum Gasteiger partial charge on any atom is 0.277 e. The predicted octanol–water partition coefficient (Wildman–Crippen LogP) is 4.00. The van der Waals surface area contributed by atoms with Gasteiger partial charge in [-0.25, -0.2) is 5.43 Å². The Morgan fingerprint density at radius 1 is 1.04 bits per heavy atom. The summed E-state index contributed by atoms with van der Waals surface area (Å²) in [6.07, 6.45) is 0. The van der Waals surface area contributed by atoms with Crippen LogP contribution in [0.15, 0.2) is 47.6 Å². The molecule has 0 aliphatic heterocycles. The number of carbonyl (C=O) groups excluding carboxylic acids is 1. The SMILES string of the molecule is CC(C)C(=NNC(=O)COc1ccc2ccccc2c1)C(C)C. The number of hydrogen-bond acceptors (Lipinski definition) is 3. The van der Waals surface area contributed by atoms with E-state index in [9.17, 15) is 4.79 Å². The summed E-state index contributed by atoms with van der Waals surface area (Å²) in [7, 11) is 0. The van der Waals surface area contributed by atoms with Crippen molar-refractivity contribution in [3.05, 3.63) is 42.5 Å². The second-order valence-electron chi connectivity index (χ2n) is 6.18. The molecule has 0 spiro atoms. The Balaban J connectivity index is 1.94. The van der Waals surface area contributed by atoms with Crippen LogP contribution in [0, 0.1) is 11.8 Å². The molecule has 0 aliphatic rings. The molecule has 122 valence electrons. The predicted molar refractivity (Wildman–Crippen MR) is 94.7 cm³/mol. The van der Waals surface area contributed by atoms with Crippen LogP contribution in [0.25, 0.3) is 10.8 Å². The first-order valence-corrected chi connectivity index (χ1v) is 7.95. The van der Waals surface area contributed by atoms with Gasteiger partial charge in [0.15, 0.2) is 6.61 Å². The van der Waals surface area contributed by atoms with Crippen molar-refractivity contribution in [1.82, 2.24) is 5.43 Å². The average molecular weight is 312 g/mol.